The van der Waals surface area contributed by atoms with Crippen LogP contribution in [-0.4, -0.2) is 98.3 Å². The Morgan fingerprint density at radius 1 is 1.11 bits per heavy atom. The quantitative estimate of drug-likeness (QED) is 0.753. The van der Waals surface area contributed by atoms with E-state index in [9.17, 15) is 4.79 Å². The molecule has 2 fully saturated rings. The van der Waals surface area contributed by atoms with Crippen LogP contribution in [0.4, 0.5) is 0 Å². The average Bonchev–Trinajstić information content (AvgIpc) is 3.16. The average molecular weight is 389 g/mol. The number of amides is 1. The summed E-state index contributed by atoms with van der Waals surface area (Å²) in [6.07, 6.45) is 2.31. The van der Waals surface area contributed by atoms with E-state index in [-0.39, 0.29) is 5.91 Å². The van der Waals surface area contributed by atoms with Gasteiger partial charge in [-0.1, -0.05) is 6.07 Å². The molecule has 1 aromatic carbocycles. The lowest BCUT2D eigenvalue weighted by molar-refractivity contribution is -0.134. The monoisotopic (exact) mass is 388 g/mol. The maximum Gasteiger partial charge on any atom is 0.236 e. The molecule has 4 rings (SSSR count). The third kappa shape index (κ3) is 4.59. The number of likely N-dealkylation sites (N-methyl/N-ethyl adjacent to an activating group) is 1. The highest BCUT2D eigenvalue weighted by atomic mass is 16.7. The van der Waals surface area contributed by atoms with Crippen LogP contribution in [0.1, 0.15) is 18.4 Å². The zero-order valence-corrected chi connectivity index (χ0v) is 17.1. The number of carbonyl (C=O) groups excluding carboxylic acids is 1. The van der Waals surface area contributed by atoms with Gasteiger partial charge < -0.3 is 19.3 Å². The highest BCUT2D eigenvalue weighted by molar-refractivity contribution is 5.78. The molecule has 0 unspecified atom stereocenters. The Bertz CT molecular complexity index is 688. The first-order chi connectivity index (χ1) is 13.6. The van der Waals surface area contributed by atoms with Gasteiger partial charge in [-0.25, -0.2) is 0 Å². The molecule has 7 nitrogen and oxygen atoms in total. The molecule has 0 aliphatic carbocycles. The van der Waals surface area contributed by atoms with Crippen molar-refractivity contribution in [3.8, 4) is 11.5 Å². The smallest absolute Gasteiger partial charge is 0.236 e. The first-order valence-electron chi connectivity index (χ1n) is 10.4. The zero-order chi connectivity index (χ0) is 19.5. The predicted molar refractivity (Wildman–Crippen MR) is 108 cm³/mol. The van der Waals surface area contributed by atoms with Crippen molar-refractivity contribution in [1.29, 1.82) is 0 Å². The SMILES string of the molecule is CN(C)CC(=O)N1CCC[C@H](N2CCN(Cc3ccc4c(c3)OCO4)CC2)C1. The highest BCUT2D eigenvalue weighted by Gasteiger charge is 2.30. The van der Waals surface area contributed by atoms with Gasteiger partial charge in [0, 0.05) is 51.9 Å². The summed E-state index contributed by atoms with van der Waals surface area (Å²) < 4.78 is 10.9. The van der Waals surface area contributed by atoms with Crippen LogP contribution in [0.25, 0.3) is 0 Å². The highest BCUT2D eigenvalue weighted by Crippen LogP contribution is 2.33. The van der Waals surface area contributed by atoms with Crippen LogP contribution < -0.4 is 9.47 Å². The number of hydrogen-bond acceptors (Lipinski definition) is 6. The van der Waals surface area contributed by atoms with Crippen LogP contribution in [0.2, 0.25) is 0 Å². The second kappa shape index (κ2) is 8.68. The molecule has 28 heavy (non-hydrogen) atoms. The second-order valence-electron chi connectivity index (χ2n) is 8.37. The Morgan fingerprint density at radius 3 is 2.68 bits per heavy atom. The second-order valence-corrected chi connectivity index (χ2v) is 8.37. The van der Waals surface area contributed by atoms with E-state index in [1.54, 1.807) is 0 Å². The van der Waals surface area contributed by atoms with Crippen LogP contribution in [0.5, 0.6) is 11.5 Å². The number of nitrogens with zero attached hydrogens (tertiary/aromatic N) is 4. The number of hydrogen-bond donors (Lipinski definition) is 0. The first kappa shape index (κ1) is 19.5. The topological polar surface area (TPSA) is 48.5 Å². The molecule has 154 valence electrons. The number of piperidine rings is 1. The van der Waals surface area contributed by atoms with Crippen molar-refractivity contribution < 1.29 is 14.3 Å². The number of benzene rings is 1. The van der Waals surface area contributed by atoms with Gasteiger partial charge >= 0.3 is 0 Å². The number of rotatable bonds is 5. The third-order valence-electron chi connectivity index (χ3n) is 5.97. The van der Waals surface area contributed by atoms with Crippen LogP contribution in [0, 0.1) is 0 Å². The van der Waals surface area contributed by atoms with Crippen LogP contribution in [0.3, 0.4) is 0 Å². The maximum absolute atomic E-state index is 12.4. The van der Waals surface area contributed by atoms with Gasteiger partial charge in [0.2, 0.25) is 12.7 Å². The molecule has 1 amide bonds. The number of carbonyl (C=O) groups is 1. The fraction of sp³-hybridized carbons (Fsp3) is 0.667. The minimum atomic E-state index is 0.260. The third-order valence-corrected chi connectivity index (χ3v) is 5.97. The van der Waals surface area contributed by atoms with E-state index in [1.165, 1.54) is 12.0 Å². The summed E-state index contributed by atoms with van der Waals surface area (Å²) in [5.74, 6) is 1.97. The molecule has 0 radical (unpaired) electrons. The first-order valence-corrected chi connectivity index (χ1v) is 10.4. The molecule has 3 heterocycles. The summed E-state index contributed by atoms with van der Waals surface area (Å²) in [4.78, 5) is 21.5. The molecule has 0 spiro atoms. The molecule has 3 aliphatic heterocycles. The Hall–Kier alpha value is -1.83. The van der Waals surface area contributed by atoms with Crippen molar-refractivity contribution in [1.82, 2.24) is 19.6 Å². The van der Waals surface area contributed by atoms with Gasteiger partial charge in [-0.05, 0) is 44.6 Å². The van der Waals surface area contributed by atoms with E-state index in [0.717, 1.165) is 63.7 Å². The summed E-state index contributed by atoms with van der Waals surface area (Å²) in [7, 11) is 3.91. The lowest BCUT2D eigenvalue weighted by Crippen LogP contribution is -2.56. The minimum absolute atomic E-state index is 0.260. The Balaban J connectivity index is 1.26. The van der Waals surface area contributed by atoms with Gasteiger partial charge in [0.05, 0.1) is 6.54 Å². The molecular weight excluding hydrogens is 356 g/mol. The van der Waals surface area contributed by atoms with Gasteiger partial charge in [-0.2, -0.15) is 0 Å². The summed E-state index contributed by atoms with van der Waals surface area (Å²) in [6.45, 7) is 7.86. The fourth-order valence-corrected chi connectivity index (χ4v) is 4.43. The van der Waals surface area contributed by atoms with Gasteiger partial charge in [0.25, 0.3) is 0 Å². The molecule has 0 saturated carbocycles. The summed E-state index contributed by atoms with van der Waals surface area (Å²) >= 11 is 0. The number of fused-ring (bicyclic) bond motifs is 1. The molecule has 0 bridgehead atoms. The van der Waals surface area contributed by atoms with Gasteiger partial charge in [-0.3, -0.25) is 14.6 Å². The van der Waals surface area contributed by atoms with Crippen molar-refractivity contribution in [3.05, 3.63) is 23.8 Å². The molecule has 1 aromatic rings. The molecule has 0 N–H and O–H groups in total. The summed E-state index contributed by atoms with van der Waals surface area (Å²) in [5, 5.41) is 0. The van der Waals surface area contributed by atoms with Crippen LogP contribution in [0.15, 0.2) is 18.2 Å². The van der Waals surface area contributed by atoms with E-state index in [4.69, 9.17) is 9.47 Å². The predicted octanol–water partition coefficient (Wildman–Crippen LogP) is 1.09. The number of piperazine rings is 1. The Labute approximate surface area is 167 Å². The lowest BCUT2D eigenvalue weighted by Gasteiger charge is -2.43. The van der Waals surface area contributed by atoms with E-state index in [0.29, 0.717) is 19.4 Å². The van der Waals surface area contributed by atoms with Crippen molar-refractivity contribution in [2.45, 2.75) is 25.4 Å². The molecule has 0 aromatic heterocycles. The van der Waals surface area contributed by atoms with Crippen molar-refractivity contribution in [2.24, 2.45) is 0 Å². The van der Waals surface area contributed by atoms with Crippen LogP contribution >= 0.6 is 0 Å². The van der Waals surface area contributed by atoms with Crippen molar-refractivity contribution in [3.63, 3.8) is 0 Å². The normalized spacial score (nSPS) is 23.4. The largest absolute Gasteiger partial charge is 0.454 e. The van der Waals surface area contributed by atoms with Gasteiger partial charge in [0.15, 0.2) is 11.5 Å². The van der Waals surface area contributed by atoms with Crippen molar-refractivity contribution >= 4 is 5.91 Å². The van der Waals surface area contributed by atoms with Crippen molar-refractivity contribution in [2.75, 3.05) is 66.7 Å². The molecule has 1 atom stereocenters. The Kier molecular flexibility index (Phi) is 6.04. The van der Waals surface area contributed by atoms with E-state index in [2.05, 4.69) is 26.8 Å². The standard InChI is InChI=1S/C21H32N4O3/c1-22(2)15-21(26)25-7-3-4-18(14-25)24-10-8-23(9-11-24)13-17-5-6-19-20(12-17)28-16-27-19/h5-6,12,18H,3-4,7-11,13-16H2,1-2H3/t18-/m0/s1. The maximum atomic E-state index is 12.4. The molecule has 7 heteroatoms. The number of ether oxygens (including phenoxy) is 2. The van der Waals surface area contributed by atoms with Crippen LogP contribution in [-0.2, 0) is 11.3 Å². The molecule has 2 saturated heterocycles. The summed E-state index contributed by atoms with van der Waals surface area (Å²) in [5.41, 5.74) is 1.27. The van der Waals surface area contributed by atoms with E-state index < -0.39 is 0 Å². The summed E-state index contributed by atoms with van der Waals surface area (Å²) in [6, 6.07) is 6.75. The van der Waals surface area contributed by atoms with E-state index >= 15 is 0 Å². The molecular formula is C21H32N4O3. The molecule has 3 aliphatic rings. The number of likely N-dealkylation sites (tertiary alicyclic amines) is 1. The van der Waals surface area contributed by atoms with Gasteiger partial charge in [0.1, 0.15) is 0 Å². The van der Waals surface area contributed by atoms with Gasteiger partial charge in [-0.15, -0.1) is 0 Å². The lowest BCUT2D eigenvalue weighted by atomic mass is 10.0. The fourth-order valence-electron chi connectivity index (χ4n) is 4.43. The zero-order valence-electron chi connectivity index (χ0n) is 17.1. The minimum Gasteiger partial charge on any atom is -0.454 e. The van der Waals surface area contributed by atoms with E-state index in [1.807, 2.05) is 25.1 Å². The Morgan fingerprint density at radius 2 is 1.89 bits per heavy atom.